The van der Waals surface area contributed by atoms with Crippen LogP contribution in [0.2, 0.25) is 0 Å². The molecule has 2 aromatic heterocycles. The zero-order valence-electron chi connectivity index (χ0n) is 7.12. The van der Waals surface area contributed by atoms with Gasteiger partial charge < -0.3 is 9.14 Å². The van der Waals surface area contributed by atoms with Crippen molar-refractivity contribution in [1.29, 1.82) is 0 Å². The largest absolute Gasteiger partial charge is 0.573 e. The molecule has 15 heavy (non-hydrogen) atoms. The van der Waals surface area contributed by atoms with Crippen molar-refractivity contribution < 1.29 is 17.9 Å². The standard InChI is InChI=1S/C8H4BrF3N2O/c9-6-4-14-3-1-2-5(7(14)13-6)15-8(10,11)12/h1-4H. The normalized spacial score (nSPS) is 12.0. The van der Waals surface area contributed by atoms with Gasteiger partial charge in [0, 0.05) is 12.4 Å². The summed E-state index contributed by atoms with van der Waals surface area (Å²) in [6.07, 6.45) is -1.59. The minimum Gasteiger partial charge on any atom is -0.402 e. The Labute approximate surface area is 90.6 Å². The van der Waals surface area contributed by atoms with Gasteiger partial charge in [-0.1, -0.05) is 0 Å². The Balaban J connectivity index is 2.51. The lowest BCUT2D eigenvalue weighted by atomic mass is 10.4. The summed E-state index contributed by atoms with van der Waals surface area (Å²) in [5, 5.41) is 0. The number of halogens is 4. The van der Waals surface area contributed by atoms with Gasteiger partial charge in [0.1, 0.15) is 4.60 Å². The Morgan fingerprint density at radius 2 is 2.13 bits per heavy atom. The minimum absolute atomic E-state index is 0.113. The number of nitrogens with zero attached hydrogens (tertiary/aromatic N) is 2. The van der Waals surface area contributed by atoms with E-state index >= 15 is 0 Å². The van der Waals surface area contributed by atoms with Crippen molar-refractivity contribution in [3.05, 3.63) is 29.1 Å². The fraction of sp³-hybridized carbons (Fsp3) is 0.125. The summed E-state index contributed by atoms with van der Waals surface area (Å²) in [7, 11) is 0. The van der Waals surface area contributed by atoms with E-state index in [2.05, 4.69) is 25.7 Å². The maximum atomic E-state index is 12.0. The molecule has 2 heterocycles. The average Bonchev–Trinajstić information content (AvgIpc) is 2.43. The molecule has 0 amide bonds. The summed E-state index contributed by atoms with van der Waals surface area (Å²) in [5.41, 5.74) is 0.113. The first-order chi connectivity index (χ1) is 6.96. The van der Waals surface area contributed by atoms with Crippen LogP contribution in [-0.2, 0) is 0 Å². The SMILES string of the molecule is FC(F)(F)Oc1cccn2cc(Br)nc12. The number of ether oxygens (including phenoxy) is 1. The number of pyridine rings is 1. The number of hydrogen-bond donors (Lipinski definition) is 0. The maximum Gasteiger partial charge on any atom is 0.573 e. The molecule has 0 aromatic carbocycles. The topological polar surface area (TPSA) is 26.5 Å². The molecule has 0 saturated carbocycles. The zero-order valence-corrected chi connectivity index (χ0v) is 8.71. The van der Waals surface area contributed by atoms with Crippen molar-refractivity contribution in [3.63, 3.8) is 0 Å². The van der Waals surface area contributed by atoms with Gasteiger partial charge in [0.25, 0.3) is 0 Å². The average molecular weight is 281 g/mol. The lowest BCUT2D eigenvalue weighted by Gasteiger charge is -2.08. The van der Waals surface area contributed by atoms with Gasteiger partial charge in [0.05, 0.1) is 0 Å². The number of imidazole rings is 1. The van der Waals surface area contributed by atoms with E-state index in [1.54, 1.807) is 12.4 Å². The molecule has 0 fully saturated rings. The molecule has 2 rings (SSSR count). The summed E-state index contributed by atoms with van der Waals surface area (Å²) in [6.45, 7) is 0. The molecule has 0 spiro atoms. The van der Waals surface area contributed by atoms with Crippen molar-refractivity contribution in [3.8, 4) is 5.75 Å². The van der Waals surface area contributed by atoms with Gasteiger partial charge in [-0.05, 0) is 28.1 Å². The van der Waals surface area contributed by atoms with E-state index in [9.17, 15) is 13.2 Å². The quantitative estimate of drug-likeness (QED) is 0.803. The molecule has 3 nitrogen and oxygen atoms in total. The molecule has 0 radical (unpaired) electrons. The highest BCUT2D eigenvalue weighted by Gasteiger charge is 2.32. The van der Waals surface area contributed by atoms with E-state index in [0.29, 0.717) is 4.60 Å². The molecule has 80 valence electrons. The lowest BCUT2D eigenvalue weighted by Crippen LogP contribution is -2.17. The molecule has 0 atom stereocenters. The van der Waals surface area contributed by atoms with Crippen LogP contribution in [0.15, 0.2) is 29.1 Å². The molecule has 7 heteroatoms. The predicted molar refractivity (Wildman–Crippen MR) is 49.6 cm³/mol. The molecule has 0 saturated heterocycles. The predicted octanol–water partition coefficient (Wildman–Crippen LogP) is 3.00. The summed E-state index contributed by atoms with van der Waals surface area (Å²) in [4.78, 5) is 3.85. The Bertz CT molecular complexity index is 494. The third-order valence-corrected chi connectivity index (χ3v) is 2.03. The Morgan fingerprint density at radius 1 is 1.40 bits per heavy atom. The number of aromatic nitrogens is 2. The van der Waals surface area contributed by atoms with Crippen LogP contribution in [0.1, 0.15) is 0 Å². The van der Waals surface area contributed by atoms with Crippen LogP contribution in [0.3, 0.4) is 0 Å². The van der Waals surface area contributed by atoms with E-state index in [1.807, 2.05) is 0 Å². The smallest absolute Gasteiger partial charge is 0.402 e. The summed E-state index contributed by atoms with van der Waals surface area (Å²) >= 11 is 3.07. The second-order valence-electron chi connectivity index (χ2n) is 2.71. The van der Waals surface area contributed by atoms with Gasteiger partial charge in [-0.2, -0.15) is 0 Å². The van der Waals surface area contributed by atoms with Crippen LogP contribution < -0.4 is 4.74 Å². The highest BCUT2D eigenvalue weighted by atomic mass is 79.9. The van der Waals surface area contributed by atoms with Gasteiger partial charge >= 0.3 is 6.36 Å². The van der Waals surface area contributed by atoms with Gasteiger partial charge in [0.2, 0.25) is 0 Å². The maximum absolute atomic E-state index is 12.0. The van der Waals surface area contributed by atoms with Crippen LogP contribution in [0.25, 0.3) is 5.65 Å². The highest BCUT2D eigenvalue weighted by molar-refractivity contribution is 9.10. The van der Waals surface area contributed by atoms with Crippen molar-refractivity contribution in [2.24, 2.45) is 0 Å². The van der Waals surface area contributed by atoms with Crippen molar-refractivity contribution in [1.82, 2.24) is 9.38 Å². The minimum atomic E-state index is -4.71. The molecule has 0 unspecified atom stereocenters. The number of fused-ring (bicyclic) bond motifs is 1. The van der Waals surface area contributed by atoms with Gasteiger partial charge in [-0.3, -0.25) is 0 Å². The summed E-state index contributed by atoms with van der Waals surface area (Å²) in [6, 6.07) is 2.66. The number of alkyl halides is 3. The lowest BCUT2D eigenvalue weighted by molar-refractivity contribution is -0.274. The van der Waals surface area contributed by atoms with Crippen molar-refractivity contribution >= 4 is 21.6 Å². The number of hydrogen-bond acceptors (Lipinski definition) is 2. The monoisotopic (exact) mass is 280 g/mol. The highest BCUT2D eigenvalue weighted by Crippen LogP contribution is 2.27. The zero-order chi connectivity index (χ0) is 11.1. The van der Waals surface area contributed by atoms with E-state index in [1.165, 1.54) is 16.5 Å². The van der Waals surface area contributed by atoms with Crippen molar-refractivity contribution in [2.75, 3.05) is 0 Å². The number of rotatable bonds is 1. The molecule has 0 aliphatic rings. The Hall–Kier alpha value is -1.24. The first-order valence-corrected chi connectivity index (χ1v) is 4.64. The van der Waals surface area contributed by atoms with Gasteiger partial charge in [-0.25, -0.2) is 4.98 Å². The Morgan fingerprint density at radius 3 is 2.80 bits per heavy atom. The van der Waals surface area contributed by atoms with Gasteiger partial charge in [-0.15, -0.1) is 13.2 Å². The van der Waals surface area contributed by atoms with E-state index in [0.717, 1.165) is 0 Å². The second kappa shape index (κ2) is 3.41. The van der Waals surface area contributed by atoms with Crippen LogP contribution in [0.5, 0.6) is 5.75 Å². The Kier molecular flexibility index (Phi) is 2.34. The van der Waals surface area contributed by atoms with Crippen LogP contribution in [-0.4, -0.2) is 15.7 Å². The molecular formula is C8H4BrF3N2O. The molecule has 0 aliphatic carbocycles. The van der Waals surface area contributed by atoms with Crippen LogP contribution in [0, 0.1) is 0 Å². The first-order valence-electron chi connectivity index (χ1n) is 3.85. The third-order valence-electron chi connectivity index (χ3n) is 1.64. The summed E-state index contributed by atoms with van der Waals surface area (Å²) in [5.74, 6) is -0.323. The van der Waals surface area contributed by atoms with E-state index in [4.69, 9.17) is 0 Å². The van der Waals surface area contributed by atoms with Gasteiger partial charge in [0.15, 0.2) is 11.4 Å². The summed E-state index contributed by atoms with van der Waals surface area (Å²) < 4.78 is 41.7. The fourth-order valence-electron chi connectivity index (χ4n) is 1.16. The van der Waals surface area contributed by atoms with Crippen molar-refractivity contribution in [2.45, 2.75) is 6.36 Å². The molecular weight excluding hydrogens is 277 g/mol. The fourth-order valence-corrected chi connectivity index (χ4v) is 1.55. The molecule has 2 aromatic rings. The van der Waals surface area contributed by atoms with E-state index < -0.39 is 6.36 Å². The van der Waals surface area contributed by atoms with Crippen LogP contribution >= 0.6 is 15.9 Å². The molecule has 0 N–H and O–H groups in total. The molecule has 0 aliphatic heterocycles. The van der Waals surface area contributed by atoms with Crippen LogP contribution in [0.4, 0.5) is 13.2 Å². The third kappa shape index (κ3) is 2.23. The molecule has 0 bridgehead atoms. The van der Waals surface area contributed by atoms with E-state index in [-0.39, 0.29) is 11.4 Å². The second-order valence-corrected chi connectivity index (χ2v) is 3.53. The first kappa shape index (κ1) is 10.3.